The Morgan fingerprint density at radius 3 is 2.44 bits per heavy atom. The zero-order valence-electron chi connectivity index (χ0n) is 22.4. The van der Waals surface area contributed by atoms with E-state index in [1.807, 2.05) is 77.3 Å². The SMILES string of the molecule is COCCN1CCCCN(C(=O)c2ccc(N(C)C)cc2)[C@@H](CC(C)C)COc2ccccc2C1=O. The number of anilines is 1. The van der Waals surface area contributed by atoms with Gasteiger partial charge in [-0.2, -0.15) is 0 Å². The molecule has 3 rings (SSSR count). The standard InChI is InChI=1S/C29H41N3O4/c1-22(2)20-25-21-36-27-11-7-6-10-26(27)29(34)31(18-19-35-5)16-8-9-17-32(25)28(33)23-12-14-24(15-13-23)30(3)4/h6-7,10-15,22,25H,8-9,16-21H2,1-5H3/t25-/m0/s1. The molecule has 0 saturated carbocycles. The highest BCUT2D eigenvalue weighted by Crippen LogP contribution is 2.24. The maximum atomic E-state index is 13.8. The smallest absolute Gasteiger partial charge is 0.257 e. The van der Waals surface area contributed by atoms with Gasteiger partial charge < -0.3 is 24.2 Å². The van der Waals surface area contributed by atoms with Crippen LogP contribution in [0.1, 0.15) is 53.8 Å². The quantitative estimate of drug-likeness (QED) is 0.563. The van der Waals surface area contributed by atoms with Crippen molar-refractivity contribution in [2.24, 2.45) is 5.92 Å². The minimum atomic E-state index is -0.0989. The number of hydrogen-bond acceptors (Lipinski definition) is 5. The molecule has 7 nitrogen and oxygen atoms in total. The average Bonchev–Trinajstić information content (AvgIpc) is 2.87. The number of carbonyl (C=O) groups excluding carboxylic acids is 2. The molecule has 0 unspecified atom stereocenters. The molecule has 2 aromatic rings. The van der Waals surface area contributed by atoms with Crippen LogP contribution >= 0.6 is 0 Å². The summed E-state index contributed by atoms with van der Waals surface area (Å²) in [5.41, 5.74) is 2.29. The molecule has 36 heavy (non-hydrogen) atoms. The van der Waals surface area contributed by atoms with E-state index in [1.165, 1.54) is 0 Å². The minimum Gasteiger partial charge on any atom is -0.491 e. The van der Waals surface area contributed by atoms with Crippen LogP contribution in [0.25, 0.3) is 0 Å². The molecule has 7 heteroatoms. The van der Waals surface area contributed by atoms with Gasteiger partial charge in [-0.25, -0.2) is 0 Å². The van der Waals surface area contributed by atoms with Gasteiger partial charge in [0, 0.05) is 52.1 Å². The molecule has 0 fully saturated rings. The Kier molecular flexibility index (Phi) is 10.2. The lowest BCUT2D eigenvalue weighted by molar-refractivity contribution is 0.0545. The number of fused-ring (bicyclic) bond motifs is 1. The summed E-state index contributed by atoms with van der Waals surface area (Å²) in [4.78, 5) is 33.0. The molecular formula is C29H41N3O4. The molecule has 0 radical (unpaired) electrons. The molecule has 1 heterocycles. The highest BCUT2D eigenvalue weighted by Gasteiger charge is 2.28. The Morgan fingerprint density at radius 1 is 1.08 bits per heavy atom. The van der Waals surface area contributed by atoms with Crippen molar-refractivity contribution in [3.05, 3.63) is 59.7 Å². The van der Waals surface area contributed by atoms with Gasteiger partial charge in [0.2, 0.25) is 0 Å². The van der Waals surface area contributed by atoms with Gasteiger partial charge in [0.15, 0.2) is 0 Å². The van der Waals surface area contributed by atoms with E-state index in [0.717, 1.165) is 24.9 Å². The number of para-hydroxylation sites is 1. The number of nitrogens with zero attached hydrogens (tertiary/aromatic N) is 3. The summed E-state index contributed by atoms with van der Waals surface area (Å²) < 4.78 is 11.5. The van der Waals surface area contributed by atoms with E-state index in [1.54, 1.807) is 7.11 Å². The number of ether oxygens (including phenoxy) is 2. The molecule has 1 atom stereocenters. The van der Waals surface area contributed by atoms with E-state index in [9.17, 15) is 9.59 Å². The van der Waals surface area contributed by atoms with Crippen LogP contribution in [-0.2, 0) is 4.74 Å². The van der Waals surface area contributed by atoms with Crippen LogP contribution in [0.5, 0.6) is 5.75 Å². The number of methoxy groups -OCH3 is 1. The van der Waals surface area contributed by atoms with E-state index >= 15 is 0 Å². The predicted octanol–water partition coefficient (Wildman–Crippen LogP) is 4.57. The van der Waals surface area contributed by atoms with Crippen molar-refractivity contribution in [1.29, 1.82) is 0 Å². The summed E-state index contributed by atoms with van der Waals surface area (Å²) >= 11 is 0. The molecule has 2 amide bonds. The summed E-state index contributed by atoms with van der Waals surface area (Å²) in [5, 5.41) is 0. The molecule has 0 aliphatic carbocycles. The van der Waals surface area contributed by atoms with Gasteiger partial charge in [0.05, 0.1) is 18.2 Å². The zero-order chi connectivity index (χ0) is 26.1. The Balaban J connectivity index is 1.92. The second-order valence-electron chi connectivity index (χ2n) is 10.0. The second kappa shape index (κ2) is 13.3. The van der Waals surface area contributed by atoms with Crippen molar-refractivity contribution in [1.82, 2.24) is 9.80 Å². The topological polar surface area (TPSA) is 62.3 Å². The second-order valence-corrected chi connectivity index (χ2v) is 10.0. The van der Waals surface area contributed by atoms with E-state index < -0.39 is 0 Å². The van der Waals surface area contributed by atoms with Crippen molar-refractivity contribution in [2.75, 3.05) is 59.0 Å². The summed E-state index contributed by atoms with van der Waals surface area (Å²) in [5.74, 6) is 0.922. The summed E-state index contributed by atoms with van der Waals surface area (Å²) in [7, 11) is 5.62. The Hall–Kier alpha value is -3.06. The van der Waals surface area contributed by atoms with Crippen molar-refractivity contribution >= 4 is 17.5 Å². The maximum absolute atomic E-state index is 13.8. The van der Waals surface area contributed by atoms with Gasteiger partial charge in [0.25, 0.3) is 11.8 Å². The van der Waals surface area contributed by atoms with E-state index in [0.29, 0.717) is 55.6 Å². The number of benzene rings is 2. The van der Waals surface area contributed by atoms with Gasteiger partial charge >= 0.3 is 0 Å². The molecule has 1 aliphatic rings. The van der Waals surface area contributed by atoms with Crippen LogP contribution in [0.2, 0.25) is 0 Å². The van der Waals surface area contributed by atoms with Crippen LogP contribution in [0, 0.1) is 5.92 Å². The lowest BCUT2D eigenvalue weighted by Gasteiger charge is -2.34. The Morgan fingerprint density at radius 2 is 1.78 bits per heavy atom. The lowest BCUT2D eigenvalue weighted by Crippen LogP contribution is -2.45. The van der Waals surface area contributed by atoms with E-state index in [2.05, 4.69) is 13.8 Å². The normalized spacial score (nSPS) is 17.2. The van der Waals surface area contributed by atoms with Crippen LogP contribution in [-0.4, -0.2) is 81.7 Å². The number of amides is 2. The fraction of sp³-hybridized carbons (Fsp3) is 0.517. The zero-order valence-corrected chi connectivity index (χ0v) is 22.4. The fourth-order valence-corrected chi connectivity index (χ4v) is 4.57. The molecule has 0 aromatic heterocycles. The van der Waals surface area contributed by atoms with Crippen LogP contribution in [0.15, 0.2) is 48.5 Å². The van der Waals surface area contributed by atoms with Crippen molar-refractivity contribution in [3.63, 3.8) is 0 Å². The molecular weight excluding hydrogens is 454 g/mol. The highest BCUT2D eigenvalue weighted by molar-refractivity contribution is 5.97. The van der Waals surface area contributed by atoms with Crippen LogP contribution in [0.4, 0.5) is 5.69 Å². The van der Waals surface area contributed by atoms with E-state index in [4.69, 9.17) is 9.47 Å². The molecule has 1 aliphatic heterocycles. The molecule has 0 N–H and O–H groups in total. The van der Waals surface area contributed by atoms with Gasteiger partial charge in [0.1, 0.15) is 12.4 Å². The Bertz CT molecular complexity index is 990. The van der Waals surface area contributed by atoms with Gasteiger partial charge in [-0.05, 0) is 61.6 Å². The predicted molar refractivity (Wildman–Crippen MR) is 144 cm³/mol. The van der Waals surface area contributed by atoms with E-state index in [-0.39, 0.29) is 17.9 Å². The lowest BCUT2D eigenvalue weighted by atomic mass is 10.0. The summed E-state index contributed by atoms with van der Waals surface area (Å²) in [6.07, 6.45) is 2.42. The largest absolute Gasteiger partial charge is 0.491 e. The first-order valence-electron chi connectivity index (χ1n) is 12.9. The molecule has 196 valence electrons. The first-order chi connectivity index (χ1) is 17.3. The third kappa shape index (κ3) is 7.23. The molecule has 2 aromatic carbocycles. The fourth-order valence-electron chi connectivity index (χ4n) is 4.57. The van der Waals surface area contributed by atoms with Crippen molar-refractivity contribution < 1.29 is 19.1 Å². The number of hydrogen-bond donors (Lipinski definition) is 0. The third-order valence-corrected chi connectivity index (χ3v) is 6.55. The van der Waals surface area contributed by atoms with Crippen LogP contribution in [0.3, 0.4) is 0 Å². The monoisotopic (exact) mass is 495 g/mol. The first-order valence-corrected chi connectivity index (χ1v) is 12.9. The van der Waals surface area contributed by atoms with Crippen molar-refractivity contribution in [2.45, 2.75) is 39.2 Å². The third-order valence-electron chi connectivity index (χ3n) is 6.55. The van der Waals surface area contributed by atoms with Crippen LogP contribution < -0.4 is 9.64 Å². The number of rotatable bonds is 7. The van der Waals surface area contributed by atoms with Gasteiger partial charge in [-0.3, -0.25) is 9.59 Å². The maximum Gasteiger partial charge on any atom is 0.257 e. The summed E-state index contributed by atoms with van der Waals surface area (Å²) in [6.45, 7) is 6.86. The summed E-state index contributed by atoms with van der Waals surface area (Å²) in [6, 6.07) is 15.1. The molecule has 0 spiro atoms. The highest BCUT2D eigenvalue weighted by atomic mass is 16.5. The molecule has 0 bridgehead atoms. The van der Waals surface area contributed by atoms with Gasteiger partial charge in [-0.15, -0.1) is 0 Å². The van der Waals surface area contributed by atoms with Gasteiger partial charge in [-0.1, -0.05) is 26.0 Å². The average molecular weight is 496 g/mol. The first kappa shape index (κ1) is 27.5. The molecule has 0 saturated heterocycles. The Labute approximate surface area is 216 Å². The number of carbonyl (C=O) groups is 2. The van der Waals surface area contributed by atoms with Crippen molar-refractivity contribution in [3.8, 4) is 5.75 Å². The minimum absolute atomic E-state index is 0.0206.